The van der Waals surface area contributed by atoms with Gasteiger partial charge in [0, 0.05) is 41.7 Å². The van der Waals surface area contributed by atoms with Crippen LogP contribution in [0.1, 0.15) is 27.5 Å². The van der Waals surface area contributed by atoms with Crippen LogP contribution < -0.4 is 9.47 Å². The number of likely N-dealkylation sites (N-methyl/N-ethyl adjacent to an activating group) is 1. The van der Waals surface area contributed by atoms with Gasteiger partial charge in [0.05, 0.1) is 12.6 Å². The maximum Gasteiger partial charge on any atom is 0.262 e. The van der Waals surface area contributed by atoms with Crippen molar-refractivity contribution in [1.82, 2.24) is 19.6 Å². The molecule has 0 aliphatic carbocycles. The Labute approximate surface area is 227 Å². The first-order chi connectivity index (χ1) is 18.7. The van der Waals surface area contributed by atoms with E-state index < -0.39 is 0 Å². The highest BCUT2D eigenvalue weighted by atomic mass is 16.5. The summed E-state index contributed by atoms with van der Waals surface area (Å²) in [7, 11) is 5.61. The zero-order valence-electron chi connectivity index (χ0n) is 23.1. The second-order valence-electron chi connectivity index (χ2n) is 9.88. The highest BCUT2D eigenvalue weighted by Crippen LogP contribution is 2.35. The summed E-state index contributed by atoms with van der Waals surface area (Å²) in [6.07, 6.45) is 0. The quantitative estimate of drug-likeness (QED) is 0.249. The van der Waals surface area contributed by atoms with E-state index in [1.165, 1.54) is 0 Å². The number of carbonyl (C=O) groups excluding carboxylic acids is 1. The zero-order valence-corrected chi connectivity index (χ0v) is 23.1. The molecule has 39 heavy (non-hydrogen) atoms. The van der Waals surface area contributed by atoms with Crippen LogP contribution in [0, 0.1) is 20.8 Å². The van der Waals surface area contributed by atoms with Crippen LogP contribution in [0.5, 0.6) is 11.5 Å². The summed E-state index contributed by atoms with van der Waals surface area (Å²) >= 11 is 0. The van der Waals surface area contributed by atoms with Gasteiger partial charge in [0.15, 0.2) is 11.5 Å². The first-order valence-electron chi connectivity index (χ1n) is 12.8. The molecule has 0 radical (unpaired) electrons. The second-order valence-corrected chi connectivity index (χ2v) is 9.88. The number of hydrogen-bond donors (Lipinski definition) is 0. The summed E-state index contributed by atoms with van der Waals surface area (Å²) in [5, 5.41) is 4.93. The molecule has 0 saturated heterocycles. The van der Waals surface area contributed by atoms with E-state index in [-0.39, 0.29) is 5.91 Å². The molecule has 5 rings (SSSR count). The average molecular weight is 525 g/mol. The Bertz CT molecular complexity index is 1650. The van der Waals surface area contributed by atoms with Crippen LogP contribution in [0.2, 0.25) is 0 Å². The molecule has 8 nitrogen and oxygen atoms in total. The molecule has 5 aromatic rings. The van der Waals surface area contributed by atoms with Crippen molar-refractivity contribution in [3.63, 3.8) is 0 Å². The van der Waals surface area contributed by atoms with Crippen molar-refractivity contribution in [2.75, 3.05) is 34.4 Å². The lowest BCUT2D eigenvalue weighted by atomic mass is 9.97. The Balaban J connectivity index is 1.43. The summed E-state index contributed by atoms with van der Waals surface area (Å²) < 4.78 is 18.4. The summed E-state index contributed by atoms with van der Waals surface area (Å²) in [6.45, 7) is 7.03. The molecule has 0 aliphatic rings. The fourth-order valence-corrected chi connectivity index (χ4v) is 4.70. The lowest BCUT2D eigenvalue weighted by Gasteiger charge is -2.14. The number of nitrogens with zero attached hydrogens (tertiary/aromatic N) is 4. The van der Waals surface area contributed by atoms with Gasteiger partial charge in [-0.25, -0.2) is 0 Å². The number of fused-ring (bicyclic) bond motifs is 1. The molecule has 0 amide bonds. The largest absolute Gasteiger partial charge is 0.493 e. The van der Waals surface area contributed by atoms with Gasteiger partial charge >= 0.3 is 0 Å². The molecule has 3 aromatic carbocycles. The number of hydrogen-bond acceptors (Lipinski definition) is 7. The van der Waals surface area contributed by atoms with Gasteiger partial charge in [-0.15, -0.1) is 0 Å². The van der Waals surface area contributed by atoms with Crippen molar-refractivity contribution in [2.45, 2.75) is 20.8 Å². The normalized spacial score (nSPS) is 11.4. The molecule has 2 heterocycles. The van der Waals surface area contributed by atoms with Crippen LogP contribution in [-0.2, 0) is 0 Å². The number of ether oxygens (including phenoxy) is 2. The monoisotopic (exact) mass is 524 g/mol. The van der Waals surface area contributed by atoms with Gasteiger partial charge in [-0.05, 0) is 75.0 Å². The van der Waals surface area contributed by atoms with E-state index >= 15 is 0 Å². The van der Waals surface area contributed by atoms with Crippen LogP contribution in [0.25, 0.3) is 33.4 Å². The van der Waals surface area contributed by atoms with E-state index in [0.717, 1.165) is 45.4 Å². The highest BCUT2D eigenvalue weighted by Gasteiger charge is 2.18. The van der Waals surface area contributed by atoms with Gasteiger partial charge in [-0.1, -0.05) is 29.4 Å². The fraction of sp³-hybridized carbons (Fsp3) is 0.258. The van der Waals surface area contributed by atoms with Crippen molar-refractivity contribution in [1.29, 1.82) is 0 Å². The van der Waals surface area contributed by atoms with Crippen molar-refractivity contribution < 1.29 is 18.8 Å². The molecule has 8 heteroatoms. The number of rotatable bonds is 8. The average Bonchev–Trinajstić information content (AvgIpc) is 3.49. The van der Waals surface area contributed by atoms with Crippen molar-refractivity contribution >= 4 is 16.8 Å². The van der Waals surface area contributed by atoms with E-state index in [2.05, 4.69) is 15.0 Å². The summed E-state index contributed by atoms with van der Waals surface area (Å²) in [5.41, 5.74) is 6.30. The molecule has 2 aromatic heterocycles. The van der Waals surface area contributed by atoms with Crippen LogP contribution in [0.3, 0.4) is 0 Å². The van der Waals surface area contributed by atoms with E-state index in [1.54, 1.807) is 18.6 Å². The lowest BCUT2D eigenvalue weighted by molar-refractivity contribution is 0.0963. The van der Waals surface area contributed by atoms with Crippen LogP contribution >= 0.6 is 0 Å². The molecular formula is C31H32N4O4. The predicted molar refractivity (Wildman–Crippen MR) is 152 cm³/mol. The van der Waals surface area contributed by atoms with Gasteiger partial charge in [0.25, 0.3) is 5.91 Å². The van der Waals surface area contributed by atoms with Gasteiger partial charge < -0.3 is 18.9 Å². The van der Waals surface area contributed by atoms with Crippen LogP contribution in [0.15, 0.2) is 65.2 Å². The molecule has 0 fully saturated rings. The zero-order chi connectivity index (χ0) is 27.7. The third kappa shape index (κ3) is 5.28. The molecular weight excluding hydrogens is 492 g/mol. The Hall–Kier alpha value is -4.43. The van der Waals surface area contributed by atoms with Crippen LogP contribution in [0.4, 0.5) is 0 Å². The number of aryl methyl sites for hydroxylation is 3. The van der Waals surface area contributed by atoms with Crippen molar-refractivity contribution in [2.24, 2.45) is 0 Å². The van der Waals surface area contributed by atoms with E-state index in [9.17, 15) is 4.79 Å². The number of aromatic nitrogens is 3. The van der Waals surface area contributed by atoms with Crippen molar-refractivity contribution in [3.8, 4) is 34.0 Å². The minimum Gasteiger partial charge on any atom is -0.493 e. The Kier molecular flexibility index (Phi) is 7.21. The Morgan fingerprint density at radius 2 is 1.69 bits per heavy atom. The Morgan fingerprint density at radius 1 is 0.949 bits per heavy atom. The fourth-order valence-electron chi connectivity index (χ4n) is 4.70. The Morgan fingerprint density at radius 3 is 2.33 bits per heavy atom. The minimum absolute atomic E-state index is 0.0991. The summed E-state index contributed by atoms with van der Waals surface area (Å²) in [6, 6.07) is 19.6. The summed E-state index contributed by atoms with van der Waals surface area (Å²) in [5.74, 6) is 2.26. The number of carbonyl (C=O) groups is 1. The van der Waals surface area contributed by atoms with Crippen molar-refractivity contribution in [3.05, 3.63) is 83.4 Å². The molecule has 0 unspecified atom stereocenters. The topological polar surface area (TPSA) is 82.6 Å². The first kappa shape index (κ1) is 26.2. The van der Waals surface area contributed by atoms with Gasteiger partial charge in [-0.3, -0.25) is 9.36 Å². The molecule has 0 N–H and O–H groups in total. The third-order valence-electron chi connectivity index (χ3n) is 6.73. The van der Waals surface area contributed by atoms with Gasteiger partial charge in [-0.2, -0.15) is 4.98 Å². The van der Waals surface area contributed by atoms with Gasteiger partial charge in [0.2, 0.25) is 11.7 Å². The molecule has 0 saturated carbocycles. The molecule has 0 aliphatic heterocycles. The second kappa shape index (κ2) is 10.7. The maximum atomic E-state index is 13.7. The standard InChI is InChI=1S/C31H32N4O4/c1-19-15-24(30-32-21(3)39-33-30)11-12-26(19)22-7-9-23(10-8-22)31(36)35-20(2)16-25-17-28(37-6)29(18-27(25)35)38-14-13-34(4)5/h7-12,15-18H,13-14H2,1-6H3. The summed E-state index contributed by atoms with van der Waals surface area (Å²) in [4.78, 5) is 20.1. The minimum atomic E-state index is -0.0991. The van der Waals surface area contributed by atoms with E-state index in [1.807, 2.05) is 88.6 Å². The highest BCUT2D eigenvalue weighted by molar-refractivity contribution is 6.03. The predicted octanol–water partition coefficient (Wildman–Crippen LogP) is 5.92. The van der Waals surface area contributed by atoms with E-state index in [0.29, 0.717) is 35.4 Å². The van der Waals surface area contributed by atoms with Gasteiger partial charge in [0.1, 0.15) is 6.61 Å². The molecule has 200 valence electrons. The molecule has 0 atom stereocenters. The first-order valence-corrected chi connectivity index (χ1v) is 12.8. The maximum absolute atomic E-state index is 13.7. The van der Waals surface area contributed by atoms with E-state index in [4.69, 9.17) is 14.0 Å². The smallest absolute Gasteiger partial charge is 0.262 e. The van der Waals surface area contributed by atoms with Crippen LogP contribution in [-0.4, -0.2) is 59.9 Å². The lowest BCUT2D eigenvalue weighted by Crippen LogP contribution is -2.19. The number of benzene rings is 3. The number of methoxy groups -OCH3 is 1. The molecule has 0 bridgehead atoms. The third-order valence-corrected chi connectivity index (χ3v) is 6.73. The molecule has 0 spiro atoms. The SMILES string of the molecule is COc1cc2cc(C)n(C(=O)c3ccc(-c4ccc(-c5noc(C)n5)cc4C)cc3)c2cc1OCCN(C)C.